The van der Waals surface area contributed by atoms with Gasteiger partial charge >= 0.3 is 0 Å². The first-order valence-corrected chi connectivity index (χ1v) is 10.8. The third-order valence-corrected chi connectivity index (χ3v) is 5.88. The number of amides is 1. The van der Waals surface area contributed by atoms with Crippen LogP contribution in [0.15, 0.2) is 42.5 Å². The zero-order valence-corrected chi connectivity index (χ0v) is 18.6. The minimum absolute atomic E-state index is 0.0165. The Labute approximate surface area is 180 Å². The van der Waals surface area contributed by atoms with Crippen LogP contribution in [0.25, 0.3) is 0 Å². The summed E-state index contributed by atoms with van der Waals surface area (Å²) in [6, 6.07) is 14.4. The normalized spacial score (nSPS) is 17.3. The summed E-state index contributed by atoms with van der Waals surface area (Å²) in [5, 5.41) is 3.12. The quantitative estimate of drug-likeness (QED) is 0.682. The summed E-state index contributed by atoms with van der Waals surface area (Å²) < 4.78 is 10.6. The highest BCUT2D eigenvalue weighted by atomic mass is 16.5. The smallest absolute Gasteiger partial charge is 0.220 e. The van der Waals surface area contributed by atoms with Crippen molar-refractivity contribution < 1.29 is 14.3 Å². The Morgan fingerprint density at radius 3 is 2.53 bits per heavy atom. The highest BCUT2D eigenvalue weighted by Gasteiger charge is 2.17. The van der Waals surface area contributed by atoms with E-state index in [2.05, 4.69) is 41.4 Å². The summed E-state index contributed by atoms with van der Waals surface area (Å²) in [5.74, 6) is 2.18. The van der Waals surface area contributed by atoms with Gasteiger partial charge in [0.05, 0.1) is 20.3 Å². The fourth-order valence-corrected chi connectivity index (χ4v) is 4.09. The number of carbonyl (C=O) groups excluding carboxylic acids is 1. The summed E-state index contributed by atoms with van der Waals surface area (Å²) in [6.07, 6.45) is 3.67. The zero-order chi connectivity index (χ0) is 21.5. The summed E-state index contributed by atoms with van der Waals surface area (Å²) in [4.78, 5) is 14.9. The van der Waals surface area contributed by atoms with E-state index in [4.69, 9.17) is 9.47 Å². The van der Waals surface area contributed by atoms with E-state index in [1.807, 2.05) is 25.1 Å². The van der Waals surface area contributed by atoms with Gasteiger partial charge in [-0.1, -0.05) is 25.1 Å². The molecule has 0 spiro atoms. The lowest BCUT2D eigenvalue weighted by Crippen LogP contribution is -2.34. The van der Waals surface area contributed by atoms with Crippen LogP contribution in [0.5, 0.6) is 11.5 Å². The lowest BCUT2D eigenvalue weighted by molar-refractivity contribution is -0.121. The van der Waals surface area contributed by atoms with E-state index in [0.29, 0.717) is 24.3 Å². The van der Waals surface area contributed by atoms with Crippen LogP contribution >= 0.6 is 0 Å². The maximum atomic E-state index is 12.5. The number of ether oxygens (including phenoxy) is 2. The van der Waals surface area contributed by atoms with Gasteiger partial charge in [0.25, 0.3) is 0 Å². The van der Waals surface area contributed by atoms with Gasteiger partial charge in [-0.2, -0.15) is 0 Å². The van der Waals surface area contributed by atoms with Crippen LogP contribution in [0.4, 0.5) is 5.69 Å². The average molecular weight is 411 g/mol. The van der Waals surface area contributed by atoms with Gasteiger partial charge in [0.15, 0.2) is 11.5 Å². The van der Waals surface area contributed by atoms with Crippen molar-refractivity contribution in [2.75, 3.05) is 32.2 Å². The molecule has 2 atom stereocenters. The van der Waals surface area contributed by atoms with Gasteiger partial charge in [0, 0.05) is 25.2 Å². The van der Waals surface area contributed by atoms with E-state index in [0.717, 1.165) is 30.1 Å². The average Bonchev–Trinajstić information content (AvgIpc) is 2.77. The van der Waals surface area contributed by atoms with Gasteiger partial charge < -0.3 is 19.7 Å². The van der Waals surface area contributed by atoms with E-state index >= 15 is 0 Å². The van der Waals surface area contributed by atoms with Crippen molar-refractivity contribution in [2.45, 2.75) is 45.6 Å². The van der Waals surface area contributed by atoms with Gasteiger partial charge in [-0.25, -0.2) is 0 Å². The maximum absolute atomic E-state index is 12.5. The standard InChI is InChI=1S/C25H34N2O3/c1-18-6-5-15-27(17-18)22-11-9-21(10-12-22)19(2)26-25(28)14-8-20-7-13-23(29-3)24(16-20)30-4/h7,9-13,16,18-19H,5-6,8,14-15,17H2,1-4H3,(H,26,28)/t18-,19+/m1/s1. The van der Waals surface area contributed by atoms with Crippen LogP contribution in [-0.4, -0.2) is 33.2 Å². The monoisotopic (exact) mass is 410 g/mol. The molecule has 5 nitrogen and oxygen atoms in total. The van der Waals surface area contributed by atoms with E-state index in [-0.39, 0.29) is 11.9 Å². The summed E-state index contributed by atoms with van der Waals surface area (Å²) in [6.45, 7) is 6.61. The van der Waals surface area contributed by atoms with E-state index in [9.17, 15) is 4.79 Å². The summed E-state index contributed by atoms with van der Waals surface area (Å²) >= 11 is 0. The van der Waals surface area contributed by atoms with Crippen molar-refractivity contribution in [1.82, 2.24) is 5.32 Å². The Bertz CT molecular complexity index is 835. The second-order valence-electron chi connectivity index (χ2n) is 8.26. The first-order chi connectivity index (χ1) is 14.5. The number of nitrogens with one attached hydrogen (secondary N) is 1. The lowest BCUT2D eigenvalue weighted by atomic mass is 9.99. The van der Waals surface area contributed by atoms with Crippen molar-refractivity contribution >= 4 is 11.6 Å². The Morgan fingerprint density at radius 2 is 1.87 bits per heavy atom. The molecule has 1 saturated heterocycles. The van der Waals surface area contributed by atoms with Crippen LogP contribution < -0.4 is 19.7 Å². The molecule has 5 heteroatoms. The number of benzene rings is 2. The number of rotatable bonds is 8. The van der Waals surface area contributed by atoms with Gasteiger partial charge in [-0.3, -0.25) is 4.79 Å². The molecule has 2 aromatic rings. The van der Waals surface area contributed by atoms with Gasteiger partial charge in [-0.15, -0.1) is 0 Å². The number of hydrogen-bond donors (Lipinski definition) is 1. The number of anilines is 1. The van der Waals surface area contributed by atoms with E-state index in [1.165, 1.54) is 18.5 Å². The van der Waals surface area contributed by atoms with Crippen molar-refractivity contribution in [3.05, 3.63) is 53.6 Å². The molecule has 0 aromatic heterocycles. The molecule has 0 radical (unpaired) electrons. The second kappa shape index (κ2) is 10.4. The number of nitrogens with zero attached hydrogens (tertiary/aromatic N) is 1. The summed E-state index contributed by atoms with van der Waals surface area (Å²) in [5.41, 5.74) is 3.45. The summed E-state index contributed by atoms with van der Waals surface area (Å²) in [7, 11) is 3.24. The lowest BCUT2D eigenvalue weighted by Gasteiger charge is -2.33. The number of hydrogen-bond acceptors (Lipinski definition) is 4. The Morgan fingerprint density at radius 1 is 1.13 bits per heavy atom. The minimum atomic E-state index is -0.0165. The van der Waals surface area contributed by atoms with E-state index in [1.54, 1.807) is 14.2 Å². The molecule has 1 aliphatic heterocycles. The second-order valence-corrected chi connectivity index (χ2v) is 8.26. The van der Waals surface area contributed by atoms with Crippen molar-refractivity contribution in [1.29, 1.82) is 0 Å². The molecule has 1 fully saturated rings. The molecule has 162 valence electrons. The maximum Gasteiger partial charge on any atom is 0.220 e. The molecule has 0 aliphatic carbocycles. The van der Waals surface area contributed by atoms with Gasteiger partial charge in [0.2, 0.25) is 5.91 Å². The highest BCUT2D eigenvalue weighted by Crippen LogP contribution is 2.28. The molecular formula is C25H34N2O3. The molecule has 0 bridgehead atoms. The van der Waals surface area contributed by atoms with Gasteiger partial charge in [-0.05, 0) is 67.5 Å². The van der Waals surface area contributed by atoms with Crippen LogP contribution in [-0.2, 0) is 11.2 Å². The topological polar surface area (TPSA) is 50.8 Å². The molecule has 1 aliphatic rings. The fourth-order valence-electron chi connectivity index (χ4n) is 4.09. The first-order valence-electron chi connectivity index (χ1n) is 10.8. The highest BCUT2D eigenvalue weighted by molar-refractivity contribution is 5.76. The van der Waals surface area contributed by atoms with E-state index < -0.39 is 0 Å². The number of aryl methyl sites for hydroxylation is 1. The molecule has 0 unspecified atom stereocenters. The molecule has 1 heterocycles. The third kappa shape index (κ3) is 5.68. The number of carbonyl (C=O) groups is 1. The first kappa shape index (κ1) is 22.0. The SMILES string of the molecule is COc1ccc(CCC(=O)N[C@@H](C)c2ccc(N3CCC[C@@H](C)C3)cc2)cc1OC. The molecule has 3 rings (SSSR count). The molecule has 1 N–H and O–H groups in total. The van der Waals surface area contributed by atoms with Crippen molar-refractivity contribution in [3.8, 4) is 11.5 Å². The molecule has 30 heavy (non-hydrogen) atoms. The number of piperidine rings is 1. The Kier molecular flexibility index (Phi) is 7.61. The molecule has 0 saturated carbocycles. The third-order valence-electron chi connectivity index (χ3n) is 5.88. The predicted molar refractivity (Wildman–Crippen MR) is 121 cm³/mol. The predicted octanol–water partition coefficient (Wildman–Crippen LogP) is 4.75. The molecule has 2 aromatic carbocycles. The van der Waals surface area contributed by atoms with Crippen LogP contribution in [0.3, 0.4) is 0 Å². The Hall–Kier alpha value is -2.69. The Balaban J connectivity index is 1.51. The molecular weight excluding hydrogens is 376 g/mol. The number of methoxy groups -OCH3 is 2. The van der Waals surface area contributed by atoms with Crippen LogP contribution in [0, 0.1) is 5.92 Å². The fraction of sp³-hybridized carbons (Fsp3) is 0.480. The van der Waals surface area contributed by atoms with Crippen LogP contribution in [0.2, 0.25) is 0 Å². The zero-order valence-electron chi connectivity index (χ0n) is 18.6. The minimum Gasteiger partial charge on any atom is -0.493 e. The largest absolute Gasteiger partial charge is 0.493 e. The molecule has 1 amide bonds. The van der Waals surface area contributed by atoms with Crippen molar-refractivity contribution in [2.24, 2.45) is 5.92 Å². The van der Waals surface area contributed by atoms with Crippen LogP contribution in [0.1, 0.15) is 50.3 Å². The van der Waals surface area contributed by atoms with Gasteiger partial charge in [0.1, 0.15) is 0 Å². The van der Waals surface area contributed by atoms with Crippen molar-refractivity contribution in [3.63, 3.8) is 0 Å².